The van der Waals surface area contributed by atoms with E-state index >= 15 is 0 Å². The molecule has 2 aromatic carbocycles. The molecule has 0 bridgehead atoms. The van der Waals surface area contributed by atoms with Crippen molar-refractivity contribution in [3.8, 4) is 5.75 Å². The van der Waals surface area contributed by atoms with Gasteiger partial charge in [-0.2, -0.15) is 0 Å². The molecule has 0 unspecified atom stereocenters. The second-order valence-electron chi connectivity index (χ2n) is 5.00. The Hall–Kier alpha value is -2.58. The van der Waals surface area contributed by atoms with Crippen molar-refractivity contribution in [3.05, 3.63) is 64.2 Å². The molecule has 0 aliphatic carbocycles. The van der Waals surface area contributed by atoms with E-state index in [1.807, 2.05) is 0 Å². The average molecular weight is 363 g/mol. The third-order valence-corrected chi connectivity index (χ3v) is 4.87. The van der Waals surface area contributed by atoms with Crippen molar-refractivity contribution in [2.45, 2.75) is 16.2 Å². The summed E-state index contributed by atoms with van der Waals surface area (Å²) in [6.07, 6.45) is -1.48. The number of ether oxygens (including phenoxy) is 2. The summed E-state index contributed by atoms with van der Waals surface area (Å²) in [6, 6.07) is 12.9. The Morgan fingerprint density at radius 1 is 1.16 bits per heavy atom. The van der Waals surface area contributed by atoms with Crippen molar-refractivity contribution >= 4 is 23.4 Å². The van der Waals surface area contributed by atoms with Crippen LogP contribution in [-0.4, -0.2) is 36.3 Å². The fourth-order valence-corrected chi connectivity index (χ4v) is 3.42. The predicted molar refractivity (Wildman–Crippen MR) is 92.7 cm³/mol. The van der Waals surface area contributed by atoms with Crippen LogP contribution in [0.1, 0.15) is 10.8 Å². The van der Waals surface area contributed by atoms with Crippen molar-refractivity contribution in [1.82, 2.24) is 0 Å². The smallest absolute Gasteiger partial charge is 0.336 e. The minimum absolute atomic E-state index is 0.0944. The van der Waals surface area contributed by atoms with E-state index in [0.29, 0.717) is 16.2 Å². The summed E-state index contributed by atoms with van der Waals surface area (Å²) in [5.74, 6) is -0.197. The van der Waals surface area contributed by atoms with Gasteiger partial charge in [0.2, 0.25) is 0 Å². The summed E-state index contributed by atoms with van der Waals surface area (Å²) >= 11 is 1.03. The van der Waals surface area contributed by atoms with E-state index < -0.39 is 22.2 Å². The highest BCUT2D eigenvalue weighted by molar-refractivity contribution is 7.99. The molecule has 2 rings (SSSR count). The van der Waals surface area contributed by atoms with Crippen molar-refractivity contribution in [1.29, 1.82) is 0 Å². The Balaban J connectivity index is 2.41. The number of hydrogen-bond acceptors (Lipinski definition) is 7. The monoisotopic (exact) mass is 363 g/mol. The summed E-state index contributed by atoms with van der Waals surface area (Å²) in [4.78, 5) is 22.9. The first-order valence-electron chi connectivity index (χ1n) is 7.28. The molecule has 0 aliphatic heterocycles. The van der Waals surface area contributed by atoms with Gasteiger partial charge in [0.25, 0.3) is 5.69 Å². The maximum absolute atomic E-state index is 11.8. The Morgan fingerprint density at radius 2 is 1.80 bits per heavy atom. The lowest BCUT2D eigenvalue weighted by Gasteiger charge is -2.21. The lowest BCUT2D eigenvalue weighted by atomic mass is 10.1. The number of carbonyl (C=O) groups is 1. The number of nitrogens with zero attached hydrogens (tertiary/aromatic N) is 1. The van der Waals surface area contributed by atoms with Gasteiger partial charge in [0.15, 0.2) is 6.10 Å². The Bertz CT molecular complexity index is 749. The maximum atomic E-state index is 11.8. The van der Waals surface area contributed by atoms with Gasteiger partial charge >= 0.3 is 5.97 Å². The van der Waals surface area contributed by atoms with Gasteiger partial charge in [-0.1, -0.05) is 24.3 Å². The van der Waals surface area contributed by atoms with E-state index in [0.717, 1.165) is 11.8 Å². The Morgan fingerprint density at radius 3 is 2.36 bits per heavy atom. The van der Waals surface area contributed by atoms with Gasteiger partial charge in [-0.05, 0) is 23.8 Å². The lowest BCUT2D eigenvalue weighted by Crippen LogP contribution is -2.27. The van der Waals surface area contributed by atoms with Crippen LogP contribution in [-0.2, 0) is 9.53 Å². The molecular weight excluding hydrogens is 346 g/mol. The highest BCUT2D eigenvalue weighted by atomic mass is 32.2. The number of aliphatic hydroxyl groups excluding tert-OH is 1. The van der Waals surface area contributed by atoms with Crippen LogP contribution in [0, 0.1) is 10.1 Å². The lowest BCUT2D eigenvalue weighted by molar-refractivity contribution is -0.387. The molecule has 0 heterocycles. The predicted octanol–water partition coefficient (Wildman–Crippen LogP) is 2.97. The molecule has 0 fully saturated rings. The van der Waals surface area contributed by atoms with Gasteiger partial charge in [0.05, 0.1) is 29.3 Å². The molecule has 7 nitrogen and oxygen atoms in total. The number of hydrogen-bond donors (Lipinski definition) is 1. The second-order valence-corrected chi connectivity index (χ2v) is 6.19. The Kier molecular flexibility index (Phi) is 6.37. The van der Waals surface area contributed by atoms with Gasteiger partial charge < -0.3 is 14.6 Å². The molecule has 0 aliphatic rings. The third-order valence-electron chi connectivity index (χ3n) is 3.49. The molecule has 0 radical (unpaired) electrons. The third kappa shape index (κ3) is 4.49. The van der Waals surface area contributed by atoms with E-state index in [4.69, 9.17) is 4.74 Å². The zero-order valence-corrected chi connectivity index (χ0v) is 14.4. The summed E-state index contributed by atoms with van der Waals surface area (Å²) < 4.78 is 9.71. The van der Waals surface area contributed by atoms with E-state index in [1.54, 1.807) is 42.5 Å². The number of methoxy groups -OCH3 is 2. The largest absolute Gasteiger partial charge is 0.497 e. The number of benzene rings is 2. The standard InChI is InChI=1S/C17H17NO6S/c1-23-12-9-7-11(8-10-12)16(15(19)17(20)24-2)25-14-6-4-3-5-13(14)18(21)22/h3-10,15-16,19H,1-2H3/t15-,16-/m0/s1. The summed E-state index contributed by atoms with van der Waals surface area (Å²) in [7, 11) is 2.70. The maximum Gasteiger partial charge on any atom is 0.336 e. The van der Waals surface area contributed by atoms with E-state index in [9.17, 15) is 20.0 Å². The first kappa shape index (κ1) is 18.8. The SMILES string of the molecule is COC(=O)[C@@H](O)[C@@H](Sc1ccccc1[N+](=O)[O-])c1ccc(OC)cc1. The zero-order chi connectivity index (χ0) is 18.4. The first-order chi connectivity index (χ1) is 12.0. The van der Waals surface area contributed by atoms with Crippen molar-refractivity contribution < 1.29 is 24.3 Å². The molecule has 8 heteroatoms. The van der Waals surface area contributed by atoms with Crippen molar-refractivity contribution in [2.24, 2.45) is 0 Å². The molecule has 25 heavy (non-hydrogen) atoms. The highest BCUT2D eigenvalue weighted by Gasteiger charge is 2.31. The fraction of sp³-hybridized carbons (Fsp3) is 0.235. The minimum atomic E-state index is -1.48. The van der Waals surface area contributed by atoms with Crippen LogP contribution in [0.3, 0.4) is 0 Å². The van der Waals surface area contributed by atoms with E-state index in [-0.39, 0.29) is 5.69 Å². The summed E-state index contributed by atoms with van der Waals surface area (Å²) in [5, 5.41) is 20.8. The average Bonchev–Trinajstić information content (AvgIpc) is 2.65. The van der Waals surface area contributed by atoms with Crippen molar-refractivity contribution in [3.63, 3.8) is 0 Å². The molecule has 0 spiro atoms. The molecular formula is C17H17NO6S. The number of nitro groups is 1. The quantitative estimate of drug-likeness (QED) is 0.349. The summed E-state index contributed by atoms with van der Waals surface area (Å²) in [6.45, 7) is 0. The second kappa shape index (κ2) is 8.50. The van der Waals surface area contributed by atoms with Crippen LogP contribution in [0.4, 0.5) is 5.69 Å². The number of aliphatic hydroxyl groups is 1. The van der Waals surface area contributed by atoms with Crippen LogP contribution in [0.15, 0.2) is 53.4 Å². The van der Waals surface area contributed by atoms with E-state index in [2.05, 4.69) is 4.74 Å². The molecule has 2 aromatic rings. The topological polar surface area (TPSA) is 98.9 Å². The van der Waals surface area contributed by atoms with Gasteiger partial charge in [-0.3, -0.25) is 10.1 Å². The highest BCUT2D eigenvalue weighted by Crippen LogP contribution is 2.42. The number of carbonyl (C=O) groups excluding carboxylic acids is 1. The molecule has 0 saturated carbocycles. The molecule has 132 valence electrons. The first-order valence-corrected chi connectivity index (χ1v) is 8.15. The Labute approximate surface area is 148 Å². The van der Waals surface area contributed by atoms with Crippen LogP contribution in [0.25, 0.3) is 0 Å². The number of para-hydroxylation sites is 1. The summed E-state index contributed by atoms with van der Waals surface area (Å²) in [5.41, 5.74) is 0.518. The van der Waals surface area contributed by atoms with Gasteiger partial charge in [0.1, 0.15) is 5.75 Å². The number of rotatable bonds is 7. The fourth-order valence-electron chi connectivity index (χ4n) is 2.20. The number of nitro benzene ring substituents is 1. The van der Waals surface area contributed by atoms with Crippen LogP contribution < -0.4 is 4.74 Å². The zero-order valence-electron chi connectivity index (χ0n) is 13.6. The van der Waals surface area contributed by atoms with Gasteiger partial charge in [-0.15, -0.1) is 11.8 Å². The molecule has 0 aromatic heterocycles. The van der Waals surface area contributed by atoms with Gasteiger partial charge in [-0.25, -0.2) is 4.79 Å². The number of esters is 1. The molecule has 0 saturated heterocycles. The van der Waals surface area contributed by atoms with Crippen LogP contribution in [0.5, 0.6) is 5.75 Å². The normalized spacial score (nSPS) is 12.9. The van der Waals surface area contributed by atoms with Gasteiger partial charge in [0, 0.05) is 6.07 Å². The minimum Gasteiger partial charge on any atom is -0.497 e. The number of thioether (sulfide) groups is 1. The van der Waals surface area contributed by atoms with Crippen LogP contribution >= 0.6 is 11.8 Å². The van der Waals surface area contributed by atoms with Crippen molar-refractivity contribution in [2.75, 3.05) is 14.2 Å². The van der Waals surface area contributed by atoms with Crippen LogP contribution in [0.2, 0.25) is 0 Å². The molecule has 2 atom stereocenters. The molecule has 1 N–H and O–H groups in total. The molecule has 0 amide bonds. The van der Waals surface area contributed by atoms with E-state index in [1.165, 1.54) is 20.3 Å².